The van der Waals surface area contributed by atoms with Crippen LogP contribution in [0.25, 0.3) is 0 Å². The Balaban J connectivity index is 2.24. The van der Waals surface area contributed by atoms with E-state index < -0.39 is 6.10 Å². The number of aromatic nitrogens is 2. The summed E-state index contributed by atoms with van der Waals surface area (Å²) >= 11 is 0. The maximum Gasteiger partial charge on any atom is 0.127 e. The smallest absolute Gasteiger partial charge is 0.127 e. The number of hydrogen-bond donors (Lipinski definition) is 1. The predicted molar refractivity (Wildman–Crippen MR) is 72.4 cm³/mol. The van der Waals surface area contributed by atoms with Crippen LogP contribution in [0.2, 0.25) is 0 Å². The van der Waals surface area contributed by atoms with Crippen molar-refractivity contribution >= 4 is 5.69 Å². The summed E-state index contributed by atoms with van der Waals surface area (Å²) in [7, 11) is 3.99. The molecule has 0 aliphatic heterocycles. The second-order valence-corrected chi connectivity index (χ2v) is 4.55. The summed E-state index contributed by atoms with van der Waals surface area (Å²) in [6, 6.07) is 7.90. The molecular formula is C14H19N3O. The zero-order valence-electron chi connectivity index (χ0n) is 11.0. The summed E-state index contributed by atoms with van der Waals surface area (Å²) in [5, 5.41) is 9.79. The lowest BCUT2D eigenvalue weighted by Gasteiger charge is -2.23. The van der Waals surface area contributed by atoms with Crippen molar-refractivity contribution < 1.29 is 5.11 Å². The van der Waals surface area contributed by atoms with Crippen molar-refractivity contribution in [2.75, 3.05) is 11.9 Å². The summed E-state index contributed by atoms with van der Waals surface area (Å²) in [5.41, 5.74) is 1.98. The average molecular weight is 245 g/mol. The van der Waals surface area contributed by atoms with Gasteiger partial charge < -0.3 is 14.6 Å². The van der Waals surface area contributed by atoms with Gasteiger partial charge in [0, 0.05) is 37.7 Å². The maximum atomic E-state index is 9.79. The molecule has 4 heteroatoms. The van der Waals surface area contributed by atoms with Crippen LogP contribution in [-0.2, 0) is 13.6 Å². The average Bonchev–Trinajstić information content (AvgIpc) is 2.75. The molecule has 0 saturated carbocycles. The van der Waals surface area contributed by atoms with E-state index in [1.54, 1.807) is 13.1 Å². The number of aliphatic hydroxyl groups excluding tert-OH is 1. The highest BCUT2D eigenvalue weighted by Crippen LogP contribution is 2.25. The maximum absolute atomic E-state index is 9.79. The van der Waals surface area contributed by atoms with Crippen molar-refractivity contribution in [1.82, 2.24) is 9.55 Å². The highest BCUT2D eigenvalue weighted by Gasteiger charge is 2.12. The van der Waals surface area contributed by atoms with Crippen LogP contribution in [0.15, 0.2) is 36.7 Å². The molecule has 0 aliphatic rings. The molecule has 1 aromatic heterocycles. The minimum atomic E-state index is -0.468. The highest BCUT2D eigenvalue weighted by molar-refractivity contribution is 5.53. The van der Waals surface area contributed by atoms with Crippen LogP contribution >= 0.6 is 0 Å². The first-order chi connectivity index (χ1) is 8.59. The molecule has 0 unspecified atom stereocenters. The number of imidazole rings is 1. The number of benzene rings is 1. The lowest BCUT2D eigenvalue weighted by Crippen LogP contribution is -2.20. The standard InChI is InChI=1S/C14H19N3O/c1-11(18)12-6-4-5-7-13(12)17(3)10-14-15-8-9-16(14)2/h4-9,11,18H,10H2,1-3H3/t11-/m1/s1. The minimum absolute atomic E-state index is 0.468. The number of nitrogens with zero attached hydrogens (tertiary/aromatic N) is 3. The van der Waals surface area contributed by atoms with E-state index in [0.717, 1.165) is 17.1 Å². The molecule has 0 spiro atoms. The Morgan fingerprint density at radius 1 is 1.39 bits per heavy atom. The summed E-state index contributed by atoms with van der Waals surface area (Å²) in [6.45, 7) is 2.50. The molecule has 1 N–H and O–H groups in total. The molecule has 0 bridgehead atoms. The first-order valence-corrected chi connectivity index (χ1v) is 6.04. The van der Waals surface area contributed by atoms with Gasteiger partial charge in [0.1, 0.15) is 5.82 Å². The molecule has 1 aromatic carbocycles. The zero-order valence-corrected chi connectivity index (χ0v) is 11.0. The molecule has 18 heavy (non-hydrogen) atoms. The Bertz CT molecular complexity index is 519. The quantitative estimate of drug-likeness (QED) is 0.897. The van der Waals surface area contributed by atoms with Gasteiger partial charge in [0.25, 0.3) is 0 Å². The van der Waals surface area contributed by atoms with Crippen LogP contribution in [0.5, 0.6) is 0 Å². The van der Waals surface area contributed by atoms with Crippen molar-refractivity contribution in [1.29, 1.82) is 0 Å². The van der Waals surface area contributed by atoms with E-state index in [1.807, 2.05) is 49.1 Å². The van der Waals surface area contributed by atoms with E-state index in [4.69, 9.17) is 0 Å². The molecule has 1 heterocycles. The number of hydrogen-bond acceptors (Lipinski definition) is 3. The van der Waals surface area contributed by atoms with E-state index in [0.29, 0.717) is 6.54 Å². The number of para-hydroxylation sites is 1. The van der Waals surface area contributed by atoms with Crippen LogP contribution in [0.4, 0.5) is 5.69 Å². The number of aliphatic hydroxyl groups is 1. The van der Waals surface area contributed by atoms with Crippen molar-refractivity contribution in [3.05, 3.63) is 48.0 Å². The molecule has 4 nitrogen and oxygen atoms in total. The SMILES string of the molecule is C[C@@H](O)c1ccccc1N(C)Cc1nccn1C. The third-order valence-corrected chi connectivity index (χ3v) is 3.10. The van der Waals surface area contributed by atoms with Crippen molar-refractivity contribution in [2.45, 2.75) is 19.6 Å². The van der Waals surface area contributed by atoms with Gasteiger partial charge in [-0.15, -0.1) is 0 Å². The number of rotatable bonds is 4. The third-order valence-electron chi connectivity index (χ3n) is 3.10. The van der Waals surface area contributed by atoms with Crippen LogP contribution in [0.1, 0.15) is 24.4 Å². The molecule has 96 valence electrons. The lowest BCUT2D eigenvalue weighted by molar-refractivity contribution is 0.199. The number of aryl methyl sites for hydroxylation is 1. The molecule has 2 rings (SSSR count). The van der Waals surface area contributed by atoms with Gasteiger partial charge in [-0.05, 0) is 13.0 Å². The fourth-order valence-corrected chi connectivity index (χ4v) is 2.03. The molecule has 0 aliphatic carbocycles. The Kier molecular flexibility index (Phi) is 3.67. The van der Waals surface area contributed by atoms with Gasteiger partial charge in [0.05, 0.1) is 12.6 Å². The van der Waals surface area contributed by atoms with Crippen molar-refractivity contribution in [3.8, 4) is 0 Å². The van der Waals surface area contributed by atoms with Gasteiger partial charge in [-0.3, -0.25) is 0 Å². The predicted octanol–water partition coefficient (Wildman–Crippen LogP) is 2.11. The zero-order chi connectivity index (χ0) is 13.1. The van der Waals surface area contributed by atoms with Gasteiger partial charge in [0.15, 0.2) is 0 Å². The van der Waals surface area contributed by atoms with E-state index in [-0.39, 0.29) is 0 Å². The molecule has 0 saturated heterocycles. The van der Waals surface area contributed by atoms with Crippen LogP contribution in [0, 0.1) is 0 Å². The second-order valence-electron chi connectivity index (χ2n) is 4.55. The molecule has 1 atom stereocenters. The highest BCUT2D eigenvalue weighted by atomic mass is 16.3. The van der Waals surface area contributed by atoms with Gasteiger partial charge in [0.2, 0.25) is 0 Å². The lowest BCUT2D eigenvalue weighted by atomic mass is 10.1. The molecule has 0 amide bonds. The van der Waals surface area contributed by atoms with Crippen LogP contribution in [0.3, 0.4) is 0 Å². The first kappa shape index (κ1) is 12.6. The van der Waals surface area contributed by atoms with Gasteiger partial charge in [-0.25, -0.2) is 4.98 Å². The molecule has 0 fully saturated rings. The molecule has 0 radical (unpaired) electrons. The van der Waals surface area contributed by atoms with Gasteiger partial charge >= 0.3 is 0 Å². The van der Waals surface area contributed by atoms with Crippen molar-refractivity contribution in [2.24, 2.45) is 7.05 Å². The third kappa shape index (κ3) is 2.54. The topological polar surface area (TPSA) is 41.3 Å². The summed E-state index contributed by atoms with van der Waals surface area (Å²) in [5.74, 6) is 0.998. The Morgan fingerprint density at radius 2 is 2.11 bits per heavy atom. The number of anilines is 1. The van der Waals surface area contributed by atoms with Gasteiger partial charge in [-0.1, -0.05) is 18.2 Å². The van der Waals surface area contributed by atoms with E-state index in [2.05, 4.69) is 9.88 Å². The monoisotopic (exact) mass is 245 g/mol. The summed E-state index contributed by atoms with van der Waals surface area (Å²) in [4.78, 5) is 6.42. The fourth-order valence-electron chi connectivity index (χ4n) is 2.03. The van der Waals surface area contributed by atoms with Crippen LogP contribution in [-0.4, -0.2) is 21.7 Å². The van der Waals surface area contributed by atoms with E-state index >= 15 is 0 Å². The first-order valence-electron chi connectivity index (χ1n) is 6.04. The summed E-state index contributed by atoms with van der Waals surface area (Å²) in [6.07, 6.45) is 3.26. The van der Waals surface area contributed by atoms with E-state index in [1.165, 1.54) is 0 Å². The largest absolute Gasteiger partial charge is 0.389 e. The van der Waals surface area contributed by atoms with E-state index in [9.17, 15) is 5.11 Å². The van der Waals surface area contributed by atoms with Gasteiger partial charge in [-0.2, -0.15) is 0 Å². The Morgan fingerprint density at radius 3 is 2.72 bits per heavy atom. The Hall–Kier alpha value is -1.81. The van der Waals surface area contributed by atoms with Crippen molar-refractivity contribution in [3.63, 3.8) is 0 Å². The minimum Gasteiger partial charge on any atom is -0.389 e. The summed E-state index contributed by atoms with van der Waals surface area (Å²) < 4.78 is 2.00. The normalized spacial score (nSPS) is 12.4. The second kappa shape index (κ2) is 5.23. The fraction of sp³-hybridized carbons (Fsp3) is 0.357. The molecule has 2 aromatic rings. The molecular weight excluding hydrogens is 226 g/mol. The van der Waals surface area contributed by atoms with Crippen LogP contribution < -0.4 is 4.90 Å². The Labute approximate surface area is 108 Å².